The minimum Gasteiger partial charge on any atom is -0.496 e. The molecule has 1 aromatic heterocycles. The van der Waals surface area contributed by atoms with Gasteiger partial charge in [0.15, 0.2) is 17.3 Å². The highest BCUT2D eigenvalue weighted by Gasteiger charge is 2.17. The van der Waals surface area contributed by atoms with Gasteiger partial charge in [-0.1, -0.05) is 0 Å². The van der Waals surface area contributed by atoms with Crippen molar-refractivity contribution in [3.63, 3.8) is 0 Å². The number of nitrogen functional groups attached to an aromatic ring is 1. The van der Waals surface area contributed by atoms with Crippen molar-refractivity contribution in [2.45, 2.75) is 6.42 Å². The van der Waals surface area contributed by atoms with Gasteiger partial charge in [0.2, 0.25) is 6.79 Å². The zero-order chi connectivity index (χ0) is 17.4. The fourth-order valence-corrected chi connectivity index (χ4v) is 3.09. The standard InChI is InChI=1S/C18H16ClN3O3/c1-23-15-8-13-12(6-10(15)4-5-19)21-17(18(20)22-13)11-2-3-14-16(7-11)25-9-24-14/h2-3,6-8H,4-5,9H2,1H3,(H2,20,22). The molecule has 4 rings (SSSR count). The third-order valence-corrected chi connectivity index (χ3v) is 4.29. The van der Waals surface area contributed by atoms with Crippen LogP contribution in [0.15, 0.2) is 30.3 Å². The molecular weight excluding hydrogens is 342 g/mol. The number of anilines is 1. The molecule has 0 saturated heterocycles. The van der Waals surface area contributed by atoms with Gasteiger partial charge in [-0.25, -0.2) is 9.97 Å². The molecule has 0 amide bonds. The van der Waals surface area contributed by atoms with Crippen LogP contribution >= 0.6 is 11.6 Å². The van der Waals surface area contributed by atoms with Crippen LogP contribution in [0.2, 0.25) is 0 Å². The Morgan fingerprint density at radius 2 is 1.92 bits per heavy atom. The van der Waals surface area contributed by atoms with Crippen molar-refractivity contribution in [3.8, 4) is 28.5 Å². The molecule has 6 nitrogen and oxygen atoms in total. The minimum atomic E-state index is 0.221. The summed E-state index contributed by atoms with van der Waals surface area (Å²) < 4.78 is 16.2. The van der Waals surface area contributed by atoms with Crippen molar-refractivity contribution in [2.24, 2.45) is 0 Å². The molecule has 0 radical (unpaired) electrons. The van der Waals surface area contributed by atoms with Gasteiger partial charge >= 0.3 is 0 Å². The Kier molecular flexibility index (Phi) is 3.97. The number of halogens is 1. The number of benzene rings is 2. The lowest BCUT2D eigenvalue weighted by Gasteiger charge is -2.11. The summed E-state index contributed by atoms with van der Waals surface area (Å²) in [5.41, 5.74) is 9.98. The van der Waals surface area contributed by atoms with Crippen molar-refractivity contribution >= 4 is 28.5 Å². The van der Waals surface area contributed by atoms with E-state index in [1.807, 2.05) is 30.3 Å². The van der Waals surface area contributed by atoms with Gasteiger partial charge in [0.1, 0.15) is 11.4 Å². The topological polar surface area (TPSA) is 79.5 Å². The van der Waals surface area contributed by atoms with E-state index in [0.29, 0.717) is 40.8 Å². The average molecular weight is 358 g/mol. The van der Waals surface area contributed by atoms with Gasteiger partial charge < -0.3 is 19.9 Å². The first kappa shape index (κ1) is 15.8. The van der Waals surface area contributed by atoms with Crippen molar-refractivity contribution < 1.29 is 14.2 Å². The molecule has 0 unspecified atom stereocenters. The number of aryl methyl sites for hydroxylation is 1. The van der Waals surface area contributed by atoms with Crippen LogP contribution in [0.25, 0.3) is 22.3 Å². The molecule has 3 aromatic rings. The fourth-order valence-electron chi connectivity index (χ4n) is 2.88. The first-order valence-electron chi connectivity index (χ1n) is 7.79. The van der Waals surface area contributed by atoms with Crippen LogP contribution in [0.1, 0.15) is 5.56 Å². The third kappa shape index (κ3) is 2.78. The van der Waals surface area contributed by atoms with E-state index < -0.39 is 0 Å². The van der Waals surface area contributed by atoms with Gasteiger partial charge in [-0.3, -0.25) is 0 Å². The molecule has 0 fully saturated rings. The third-order valence-electron chi connectivity index (χ3n) is 4.10. The number of methoxy groups -OCH3 is 1. The SMILES string of the molecule is COc1cc2nc(N)c(-c3ccc4c(c3)OCO4)nc2cc1CCCl. The van der Waals surface area contributed by atoms with Crippen LogP contribution in [-0.2, 0) is 6.42 Å². The number of rotatable bonds is 4. The largest absolute Gasteiger partial charge is 0.496 e. The molecule has 1 aliphatic heterocycles. The van der Waals surface area contributed by atoms with E-state index in [4.69, 9.17) is 36.5 Å². The second kappa shape index (κ2) is 6.29. The number of nitrogens with two attached hydrogens (primary N) is 1. The van der Waals surface area contributed by atoms with Crippen molar-refractivity contribution in [1.82, 2.24) is 9.97 Å². The van der Waals surface area contributed by atoms with E-state index in [0.717, 1.165) is 22.4 Å². The summed E-state index contributed by atoms with van der Waals surface area (Å²) in [5.74, 6) is 2.97. The van der Waals surface area contributed by atoms with Crippen molar-refractivity contribution in [1.29, 1.82) is 0 Å². The Balaban J connectivity index is 1.85. The Hall–Kier alpha value is -2.73. The summed E-state index contributed by atoms with van der Waals surface area (Å²) in [4.78, 5) is 9.19. The quantitative estimate of drug-likeness (QED) is 0.721. The zero-order valence-corrected chi connectivity index (χ0v) is 14.3. The summed E-state index contributed by atoms with van der Waals surface area (Å²) in [6.45, 7) is 0.221. The van der Waals surface area contributed by atoms with Gasteiger partial charge in [-0.2, -0.15) is 0 Å². The Morgan fingerprint density at radius 1 is 1.12 bits per heavy atom. The number of alkyl halides is 1. The molecule has 128 valence electrons. The molecule has 0 atom stereocenters. The lowest BCUT2D eigenvalue weighted by molar-refractivity contribution is 0.174. The first-order chi connectivity index (χ1) is 12.2. The van der Waals surface area contributed by atoms with E-state index in [9.17, 15) is 0 Å². The minimum absolute atomic E-state index is 0.221. The zero-order valence-electron chi connectivity index (χ0n) is 13.6. The van der Waals surface area contributed by atoms with Gasteiger partial charge in [0.05, 0.1) is 18.1 Å². The Bertz CT molecular complexity index is 962. The van der Waals surface area contributed by atoms with Crippen molar-refractivity contribution in [2.75, 3.05) is 25.5 Å². The van der Waals surface area contributed by atoms with E-state index in [1.54, 1.807) is 7.11 Å². The molecule has 2 heterocycles. The normalized spacial score (nSPS) is 12.6. The summed E-state index contributed by atoms with van der Waals surface area (Å²) in [6.07, 6.45) is 0.687. The lowest BCUT2D eigenvalue weighted by atomic mass is 10.1. The van der Waals surface area contributed by atoms with E-state index in [2.05, 4.69) is 4.98 Å². The number of hydrogen-bond donors (Lipinski definition) is 1. The van der Waals surface area contributed by atoms with Gasteiger partial charge in [0, 0.05) is 17.5 Å². The highest BCUT2D eigenvalue weighted by Crippen LogP contribution is 2.37. The van der Waals surface area contributed by atoms with E-state index >= 15 is 0 Å². The maximum Gasteiger partial charge on any atom is 0.231 e. The first-order valence-corrected chi connectivity index (χ1v) is 8.33. The monoisotopic (exact) mass is 357 g/mol. The highest BCUT2D eigenvalue weighted by atomic mass is 35.5. The van der Waals surface area contributed by atoms with Crippen LogP contribution in [0, 0.1) is 0 Å². The number of hydrogen-bond acceptors (Lipinski definition) is 6. The van der Waals surface area contributed by atoms with Crippen LogP contribution in [0.4, 0.5) is 5.82 Å². The van der Waals surface area contributed by atoms with Crippen LogP contribution in [0.3, 0.4) is 0 Å². The molecule has 0 saturated carbocycles. The summed E-state index contributed by atoms with van der Waals surface area (Å²) in [7, 11) is 1.62. The number of aromatic nitrogens is 2. The summed E-state index contributed by atoms with van der Waals surface area (Å²) >= 11 is 5.89. The maximum absolute atomic E-state index is 6.14. The average Bonchev–Trinajstić information content (AvgIpc) is 3.09. The summed E-state index contributed by atoms with van der Waals surface area (Å²) in [6, 6.07) is 9.38. The molecule has 0 spiro atoms. The predicted molar refractivity (Wildman–Crippen MR) is 96.5 cm³/mol. The Labute approximate surface area is 149 Å². The number of fused-ring (bicyclic) bond motifs is 2. The lowest BCUT2D eigenvalue weighted by Crippen LogP contribution is -2.01. The maximum atomic E-state index is 6.14. The molecule has 1 aliphatic rings. The molecule has 2 aromatic carbocycles. The van der Waals surface area contributed by atoms with Crippen molar-refractivity contribution in [3.05, 3.63) is 35.9 Å². The fraction of sp³-hybridized carbons (Fsp3) is 0.222. The number of ether oxygens (including phenoxy) is 3. The second-order valence-electron chi connectivity index (χ2n) is 5.62. The van der Waals surface area contributed by atoms with Crippen LogP contribution in [-0.4, -0.2) is 29.8 Å². The summed E-state index contributed by atoms with van der Waals surface area (Å²) in [5, 5.41) is 0. The second-order valence-corrected chi connectivity index (χ2v) is 6.00. The molecular formula is C18H16ClN3O3. The van der Waals surface area contributed by atoms with Gasteiger partial charge in [-0.05, 0) is 36.2 Å². The van der Waals surface area contributed by atoms with Crippen LogP contribution in [0.5, 0.6) is 17.2 Å². The number of nitrogens with zero attached hydrogens (tertiary/aromatic N) is 2. The van der Waals surface area contributed by atoms with Gasteiger partial charge in [0.25, 0.3) is 0 Å². The van der Waals surface area contributed by atoms with Crippen LogP contribution < -0.4 is 19.9 Å². The van der Waals surface area contributed by atoms with E-state index in [1.165, 1.54) is 0 Å². The molecule has 2 N–H and O–H groups in total. The molecule has 0 bridgehead atoms. The smallest absolute Gasteiger partial charge is 0.231 e. The molecule has 7 heteroatoms. The van der Waals surface area contributed by atoms with E-state index in [-0.39, 0.29) is 6.79 Å². The van der Waals surface area contributed by atoms with Gasteiger partial charge in [-0.15, -0.1) is 11.6 Å². The molecule has 25 heavy (non-hydrogen) atoms. The molecule has 0 aliphatic carbocycles. The highest BCUT2D eigenvalue weighted by molar-refractivity contribution is 6.18. The predicted octanol–water partition coefficient (Wildman–Crippen LogP) is 3.40. The Morgan fingerprint density at radius 3 is 2.72 bits per heavy atom.